The van der Waals surface area contributed by atoms with Crippen LogP contribution >= 0.6 is 0 Å². The van der Waals surface area contributed by atoms with Crippen LogP contribution in [0, 0.1) is 4.91 Å². The number of hydrogen-bond acceptors (Lipinski definition) is 4. The summed E-state index contributed by atoms with van der Waals surface area (Å²) < 4.78 is 0. The van der Waals surface area contributed by atoms with Crippen LogP contribution in [0.5, 0.6) is 0 Å². The molecule has 0 radical (unpaired) electrons. The number of nitroso groups, excluding NO2 is 1. The third-order valence-corrected chi connectivity index (χ3v) is 1.80. The molecule has 7 nitrogen and oxygen atoms in total. The maximum absolute atomic E-state index is 10.7. The number of fused-ring (bicyclic) bond motifs is 1. The van der Waals surface area contributed by atoms with Crippen LogP contribution in [0.3, 0.4) is 0 Å². The van der Waals surface area contributed by atoms with E-state index < -0.39 is 5.97 Å². The molecule has 3 N–H and O–H groups in total. The quantitative estimate of drug-likeness (QED) is 0.675. The topological polar surface area (TPSA) is 110 Å². The lowest BCUT2D eigenvalue weighted by atomic mass is 10.3. The molecule has 0 unspecified atom stereocenters. The molecule has 2 heterocycles. The van der Waals surface area contributed by atoms with Crippen molar-refractivity contribution in [3.05, 3.63) is 23.1 Å². The van der Waals surface area contributed by atoms with Crippen molar-refractivity contribution in [1.82, 2.24) is 9.97 Å². The molecule has 70 valence electrons. The van der Waals surface area contributed by atoms with Gasteiger partial charge in [-0.3, -0.25) is 0 Å². The number of aromatic carboxylic acids is 1. The van der Waals surface area contributed by atoms with Gasteiger partial charge in [-0.15, -0.1) is 4.91 Å². The van der Waals surface area contributed by atoms with E-state index in [0.717, 1.165) is 0 Å². The summed E-state index contributed by atoms with van der Waals surface area (Å²) in [6, 6.07) is 0. The highest BCUT2D eigenvalue weighted by molar-refractivity contribution is 6.00. The normalized spacial score (nSPS) is 10.3. The van der Waals surface area contributed by atoms with Gasteiger partial charge in [0.25, 0.3) is 12.0 Å². The van der Waals surface area contributed by atoms with E-state index in [4.69, 9.17) is 5.11 Å². The van der Waals surface area contributed by atoms with Gasteiger partial charge in [0.2, 0.25) is 0 Å². The minimum Gasteiger partial charge on any atom is -0.475 e. The van der Waals surface area contributed by atoms with Crippen molar-refractivity contribution in [2.75, 3.05) is 0 Å². The Morgan fingerprint density at radius 1 is 1.64 bits per heavy atom. The van der Waals surface area contributed by atoms with Gasteiger partial charge >= 0.3 is 5.97 Å². The molecular formula is C7H5N4O3+. The van der Waals surface area contributed by atoms with Crippen molar-refractivity contribution in [3.63, 3.8) is 0 Å². The summed E-state index contributed by atoms with van der Waals surface area (Å²) >= 11 is 0. The number of carboxylic acids is 1. The van der Waals surface area contributed by atoms with E-state index in [2.05, 4.69) is 20.1 Å². The van der Waals surface area contributed by atoms with Crippen molar-refractivity contribution in [1.29, 1.82) is 0 Å². The first kappa shape index (κ1) is 8.30. The van der Waals surface area contributed by atoms with Crippen molar-refractivity contribution in [2.24, 2.45) is 5.18 Å². The second-order valence-electron chi connectivity index (χ2n) is 2.57. The van der Waals surface area contributed by atoms with Gasteiger partial charge in [-0.1, -0.05) is 0 Å². The molecule has 2 aromatic heterocycles. The predicted octanol–water partition coefficient (Wildman–Crippen LogP) is 0.473. The SMILES string of the molecule is O=Nc1c[nH]c2c(C(=O)O)nc[nH+]c12. The largest absolute Gasteiger partial charge is 0.475 e. The lowest BCUT2D eigenvalue weighted by Gasteiger charge is -1.87. The highest BCUT2D eigenvalue weighted by Gasteiger charge is 2.20. The van der Waals surface area contributed by atoms with E-state index in [1.807, 2.05) is 0 Å². The highest BCUT2D eigenvalue weighted by Crippen LogP contribution is 2.22. The Morgan fingerprint density at radius 2 is 2.43 bits per heavy atom. The second kappa shape index (κ2) is 2.87. The van der Waals surface area contributed by atoms with Gasteiger partial charge in [-0.05, 0) is 10.2 Å². The van der Waals surface area contributed by atoms with Crippen LogP contribution in [-0.2, 0) is 0 Å². The molecule has 0 amide bonds. The number of rotatable bonds is 2. The lowest BCUT2D eigenvalue weighted by molar-refractivity contribution is -0.349. The third-order valence-electron chi connectivity index (χ3n) is 1.80. The first-order valence-corrected chi connectivity index (χ1v) is 3.68. The molecule has 0 aromatic carbocycles. The summed E-state index contributed by atoms with van der Waals surface area (Å²) in [5, 5.41) is 11.5. The number of carbonyl (C=O) groups is 1. The summed E-state index contributed by atoms with van der Waals surface area (Å²) in [5.41, 5.74) is 0.584. The maximum Gasteiger partial charge on any atom is 0.383 e. The molecule has 2 rings (SSSR count). The molecule has 7 heteroatoms. The smallest absolute Gasteiger partial charge is 0.383 e. The molecule has 2 aromatic rings. The summed E-state index contributed by atoms with van der Waals surface area (Å²) in [7, 11) is 0. The molecule has 0 saturated heterocycles. The van der Waals surface area contributed by atoms with Gasteiger partial charge in [0.05, 0.1) is 0 Å². The highest BCUT2D eigenvalue weighted by atomic mass is 16.4. The van der Waals surface area contributed by atoms with E-state index in [9.17, 15) is 9.70 Å². The summed E-state index contributed by atoms with van der Waals surface area (Å²) in [6.07, 6.45) is 2.52. The van der Waals surface area contributed by atoms with E-state index >= 15 is 0 Å². The van der Waals surface area contributed by atoms with Gasteiger partial charge in [-0.25, -0.2) is 9.78 Å². The Morgan fingerprint density at radius 3 is 3.07 bits per heavy atom. The number of carboxylic acid groups (broad SMARTS) is 1. The standard InChI is InChI=1S/C7H4N4O3/c12-7(13)6-5-4(9-2-10-6)3(11-14)1-8-5/h1-2,8H,(H,12,13)/p+1. The van der Waals surface area contributed by atoms with Crippen LogP contribution in [0.4, 0.5) is 5.69 Å². The fraction of sp³-hybridized carbons (Fsp3) is 0. The molecule has 0 atom stereocenters. The van der Waals surface area contributed by atoms with Gasteiger partial charge in [0.1, 0.15) is 5.52 Å². The van der Waals surface area contributed by atoms with E-state index in [0.29, 0.717) is 5.52 Å². The van der Waals surface area contributed by atoms with Gasteiger partial charge in [0, 0.05) is 6.20 Å². The molecule has 0 aliphatic rings. The predicted molar refractivity (Wildman–Crippen MR) is 45.1 cm³/mol. The van der Waals surface area contributed by atoms with Crippen LogP contribution in [0.25, 0.3) is 11.0 Å². The molecule has 14 heavy (non-hydrogen) atoms. The van der Waals surface area contributed by atoms with E-state index in [1.165, 1.54) is 12.5 Å². The number of H-pyrrole nitrogens is 2. The second-order valence-corrected chi connectivity index (χ2v) is 2.57. The fourth-order valence-corrected chi connectivity index (χ4v) is 1.21. The van der Waals surface area contributed by atoms with Crippen molar-refractivity contribution < 1.29 is 14.9 Å². The summed E-state index contributed by atoms with van der Waals surface area (Å²) in [6.45, 7) is 0. The number of nitrogens with zero attached hydrogens (tertiary/aromatic N) is 2. The van der Waals surface area contributed by atoms with Crippen LogP contribution in [0.2, 0.25) is 0 Å². The van der Waals surface area contributed by atoms with E-state index in [1.54, 1.807) is 0 Å². The Kier molecular flexibility index (Phi) is 1.70. The minimum atomic E-state index is -1.16. The van der Waals surface area contributed by atoms with Crippen LogP contribution < -0.4 is 4.98 Å². The molecule has 0 saturated carbocycles. The van der Waals surface area contributed by atoms with Crippen LogP contribution in [0.1, 0.15) is 10.5 Å². The molecule has 0 fully saturated rings. The zero-order chi connectivity index (χ0) is 10.1. The van der Waals surface area contributed by atoms with Gasteiger partial charge < -0.3 is 10.1 Å². The van der Waals surface area contributed by atoms with Crippen molar-refractivity contribution in [3.8, 4) is 0 Å². The monoisotopic (exact) mass is 193 g/mol. The zero-order valence-corrected chi connectivity index (χ0v) is 6.81. The van der Waals surface area contributed by atoms with Crippen molar-refractivity contribution >= 4 is 22.7 Å². The van der Waals surface area contributed by atoms with Gasteiger partial charge in [0.15, 0.2) is 11.2 Å². The zero-order valence-electron chi connectivity index (χ0n) is 6.81. The average molecular weight is 193 g/mol. The average Bonchev–Trinajstić information content (AvgIpc) is 2.59. The lowest BCUT2D eigenvalue weighted by Crippen LogP contribution is -2.10. The number of aromatic nitrogens is 3. The molecule has 0 spiro atoms. The molecule has 0 aliphatic heterocycles. The van der Waals surface area contributed by atoms with Crippen LogP contribution in [-0.4, -0.2) is 21.0 Å². The Hall–Kier alpha value is -2.31. The summed E-state index contributed by atoms with van der Waals surface area (Å²) in [4.78, 5) is 29.9. The minimum absolute atomic E-state index is 0.130. The maximum atomic E-state index is 10.7. The first-order chi connectivity index (χ1) is 6.74. The Labute approximate surface area is 76.8 Å². The molecular weight excluding hydrogens is 188 g/mol. The van der Waals surface area contributed by atoms with Crippen molar-refractivity contribution in [2.45, 2.75) is 0 Å². The summed E-state index contributed by atoms with van der Waals surface area (Å²) in [5.74, 6) is -1.16. The fourth-order valence-electron chi connectivity index (χ4n) is 1.21. The molecule has 0 aliphatic carbocycles. The Bertz CT molecular complexity index is 519. The van der Waals surface area contributed by atoms with Crippen LogP contribution in [0.15, 0.2) is 17.7 Å². The Balaban J connectivity index is 2.82. The number of nitrogens with one attached hydrogen (secondary N) is 2. The number of hydrogen-bond donors (Lipinski definition) is 2. The molecule has 0 bridgehead atoms. The van der Waals surface area contributed by atoms with E-state index in [-0.39, 0.29) is 16.9 Å². The number of aromatic amines is 2. The first-order valence-electron chi connectivity index (χ1n) is 3.68. The third kappa shape index (κ3) is 1.03. The van der Waals surface area contributed by atoms with Gasteiger partial charge in [-0.2, -0.15) is 0 Å².